The molecule has 0 saturated heterocycles. The van der Waals surface area contributed by atoms with Gasteiger partial charge in [0.1, 0.15) is 11.6 Å². The molecule has 0 aliphatic heterocycles. The van der Waals surface area contributed by atoms with E-state index in [2.05, 4.69) is 5.32 Å². The maximum absolute atomic E-state index is 13.6. The molecule has 1 rings (SSSR count). The van der Waals surface area contributed by atoms with Crippen LogP contribution in [0.1, 0.15) is 32.3 Å². The van der Waals surface area contributed by atoms with E-state index < -0.39 is 17.5 Å². The number of thiocarbonyl (C=S) groups is 1. The van der Waals surface area contributed by atoms with Crippen molar-refractivity contribution in [1.29, 1.82) is 0 Å². The minimum absolute atomic E-state index is 0.0646. The van der Waals surface area contributed by atoms with E-state index in [-0.39, 0.29) is 22.7 Å². The molecular weight excluding hydrogens is 284 g/mol. The van der Waals surface area contributed by atoms with E-state index in [1.54, 1.807) is 0 Å². The van der Waals surface area contributed by atoms with Gasteiger partial charge in [-0.15, -0.1) is 0 Å². The average molecular weight is 301 g/mol. The lowest BCUT2D eigenvalue weighted by atomic mass is 10.1. The fraction of sp³-hybridized carbons (Fsp3) is 0.429. The van der Waals surface area contributed by atoms with Gasteiger partial charge in [-0.25, -0.2) is 8.78 Å². The number of hydrogen-bond acceptors (Lipinski definition) is 3. The quantitative estimate of drug-likeness (QED) is 0.644. The van der Waals surface area contributed by atoms with Crippen LogP contribution in [0.25, 0.3) is 0 Å². The number of benzene rings is 1. The fourth-order valence-corrected chi connectivity index (χ4v) is 1.79. The molecule has 0 fully saturated rings. The van der Waals surface area contributed by atoms with E-state index in [9.17, 15) is 13.6 Å². The number of hydrogen-bond donors (Lipinski definition) is 1. The Labute approximate surface area is 122 Å². The summed E-state index contributed by atoms with van der Waals surface area (Å²) in [4.78, 5) is 10.9. The van der Waals surface area contributed by atoms with Gasteiger partial charge in [-0.05, 0) is 30.3 Å². The normalized spacial score (nSPS) is 10.2. The van der Waals surface area contributed by atoms with Crippen molar-refractivity contribution in [2.24, 2.45) is 0 Å². The molecule has 6 heteroatoms. The molecule has 0 spiro atoms. The Balaban J connectivity index is 2.78. The number of amides is 1. The minimum Gasteiger partial charge on any atom is -0.487 e. The van der Waals surface area contributed by atoms with Crippen molar-refractivity contribution in [3.63, 3.8) is 0 Å². The highest BCUT2D eigenvalue weighted by molar-refractivity contribution is 7.80. The number of carbonyl (C=O) groups excluding carboxylic acids is 1. The maximum Gasteiger partial charge on any atom is 0.221 e. The minimum atomic E-state index is -0.820. The first-order valence-corrected chi connectivity index (χ1v) is 6.76. The summed E-state index contributed by atoms with van der Waals surface area (Å²) in [6, 6.07) is 1.97. The number of anilines is 1. The van der Waals surface area contributed by atoms with Crippen LogP contribution in [0.5, 0.6) is 0 Å². The van der Waals surface area contributed by atoms with Gasteiger partial charge in [-0.3, -0.25) is 4.79 Å². The molecule has 0 heterocycles. The molecule has 0 aliphatic carbocycles. The Morgan fingerprint density at radius 1 is 1.35 bits per heavy atom. The molecule has 1 amide bonds. The Kier molecular flexibility index (Phi) is 6.51. The van der Waals surface area contributed by atoms with Crippen LogP contribution in [-0.2, 0) is 16.0 Å². The van der Waals surface area contributed by atoms with Crippen LogP contribution in [0.3, 0.4) is 0 Å². The Morgan fingerprint density at radius 3 is 2.65 bits per heavy atom. The topological polar surface area (TPSA) is 38.3 Å². The summed E-state index contributed by atoms with van der Waals surface area (Å²) in [6.45, 7) is 3.75. The second kappa shape index (κ2) is 7.89. The largest absolute Gasteiger partial charge is 0.487 e. The van der Waals surface area contributed by atoms with Gasteiger partial charge in [-0.1, -0.05) is 13.3 Å². The zero-order valence-electron chi connectivity index (χ0n) is 11.5. The highest BCUT2D eigenvalue weighted by Crippen LogP contribution is 2.20. The third-order valence-corrected chi connectivity index (χ3v) is 2.80. The summed E-state index contributed by atoms with van der Waals surface area (Å²) in [5, 5.41) is 2.55. The molecule has 0 bridgehead atoms. The van der Waals surface area contributed by atoms with Crippen LogP contribution in [0.15, 0.2) is 12.1 Å². The third-order valence-electron chi connectivity index (χ3n) is 2.54. The number of carbonyl (C=O) groups is 1. The van der Waals surface area contributed by atoms with Crippen LogP contribution in [0, 0.1) is 11.6 Å². The van der Waals surface area contributed by atoms with Gasteiger partial charge in [0.05, 0.1) is 12.3 Å². The van der Waals surface area contributed by atoms with Crippen molar-refractivity contribution in [1.82, 2.24) is 0 Å². The number of unbranched alkanes of at least 4 members (excludes halogenated alkanes) is 1. The van der Waals surface area contributed by atoms with Crippen molar-refractivity contribution >= 4 is 28.9 Å². The smallest absolute Gasteiger partial charge is 0.221 e. The van der Waals surface area contributed by atoms with E-state index in [1.165, 1.54) is 13.0 Å². The molecule has 3 nitrogen and oxygen atoms in total. The van der Waals surface area contributed by atoms with Gasteiger partial charge in [0, 0.05) is 19.4 Å². The SMILES string of the molecule is CCCCOC(=S)Cc1cc(NC(C)=O)c(F)cc1F. The molecule has 0 radical (unpaired) electrons. The Hall–Kier alpha value is -1.56. The fourth-order valence-electron chi connectivity index (χ4n) is 1.55. The predicted molar refractivity (Wildman–Crippen MR) is 77.8 cm³/mol. The van der Waals surface area contributed by atoms with Crippen molar-refractivity contribution in [2.45, 2.75) is 33.1 Å². The number of rotatable bonds is 6. The van der Waals surface area contributed by atoms with Crippen LogP contribution in [0.2, 0.25) is 0 Å². The molecule has 0 aliphatic rings. The van der Waals surface area contributed by atoms with Gasteiger partial charge in [0.15, 0.2) is 5.05 Å². The average Bonchev–Trinajstić information content (AvgIpc) is 2.35. The lowest BCUT2D eigenvalue weighted by Gasteiger charge is -2.10. The molecule has 1 aromatic carbocycles. The first kappa shape index (κ1) is 16.5. The van der Waals surface area contributed by atoms with E-state index in [1.807, 2.05) is 6.92 Å². The van der Waals surface area contributed by atoms with Crippen LogP contribution < -0.4 is 5.32 Å². The van der Waals surface area contributed by atoms with E-state index in [4.69, 9.17) is 17.0 Å². The lowest BCUT2D eigenvalue weighted by Crippen LogP contribution is -2.11. The first-order valence-electron chi connectivity index (χ1n) is 6.35. The van der Waals surface area contributed by atoms with Gasteiger partial charge in [0.25, 0.3) is 0 Å². The standard InChI is InChI=1S/C14H17F2NO2S/c1-3-4-5-19-14(20)7-10-6-13(17-9(2)18)12(16)8-11(10)15/h6,8H,3-5,7H2,1-2H3,(H,17,18). The zero-order valence-corrected chi connectivity index (χ0v) is 12.3. The molecule has 110 valence electrons. The predicted octanol–water partition coefficient (Wildman–Crippen LogP) is 3.61. The molecule has 1 N–H and O–H groups in total. The van der Waals surface area contributed by atoms with Crippen molar-refractivity contribution in [3.8, 4) is 0 Å². The summed E-state index contributed by atoms with van der Waals surface area (Å²) >= 11 is 5.00. The monoisotopic (exact) mass is 301 g/mol. The molecule has 0 atom stereocenters. The van der Waals surface area contributed by atoms with Crippen LogP contribution in [-0.4, -0.2) is 17.6 Å². The number of ether oxygens (including phenoxy) is 1. The second-order valence-electron chi connectivity index (χ2n) is 4.36. The summed E-state index contributed by atoms with van der Waals surface area (Å²) in [6.07, 6.45) is 1.90. The van der Waals surface area contributed by atoms with E-state index >= 15 is 0 Å². The van der Waals surface area contributed by atoms with Crippen LogP contribution >= 0.6 is 12.2 Å². The third kappa shape index (κ3) is 5.21. The maximum atomic E-state index is 13.6. The first-order chi connectivity index (χ1) is 9.43. The van der Waals surface area contributed by atoms with Gasteiger partial charge >= 0.3 is 0 Å². The molecule has 1 aromatic rings. The highest BCUT2D eigenvalue weighted by atomic mass is 32.1. The molecule has 0 unspecified atom stereocenters. The van der Waals surface area contributed by atoms with E-state index in [0.29, 0.717) is 6.61 Å². The molecular formula is C14H17F2NO2S. The summed E-state index contributed by atoms with van der Waals surface area (Å²) < 4.78 is 32.4. The molecule has 0 aromatic heterocycles. The van der Waals surface area contributed by atoms with Gasteiger partial charge < -0.3 is 10.1 Å². The molecule has 0 saturated carbocycles. The van der Waals surface area contributed by atoms with E-state index in [0.717, 1.165) is 18.9 Å². The van der Waals surface area contributed by atoms with Gasteiger partial charge in [0.2, 0.25) is 5.91 Å². The Bertz CT molecular complexity index is 506. The number of nitrogens with one attached hydrogen (secondary N) is 1. The molecule has 20 heavy (non-hydrogen) atoms. The van der Waals surface area contributed by atoms with Crippen molar-refractivity contribution in [2.75, 3.05) is 11.9 Å². The summed E-state index contributed by atoms with van der Waals surface area (Å²) in [7, 11) is 0. The second-order valence-corrected chi connectivity index (χ2v) is 4.81. The summed E-state index contributed by atoms with van der Waals surface area (Å²) in [5.41, 5.74) is 0.127. The van der Waals surface area contributed by atoms with Crippen molar-refractivity contribution in [3.05, 3.63) is 29.3 Å². The van der Waals surface area contributed by atoms with Gasteiger partial charge in [-0.2, -0.15) is 0 Å². The zero-order chi connectivity index (χ0) is 15.1. The van der Waals surface area contributed by atoms with Crippen molar-refractivity contribution < 1.29 is 18.3 Å². The Morgan fingerprint density at radius 2 is 2.05 bits per heavy atom. The van der Waals surface area contributed by atoms with Crippen LogP contribution in [0.4, 0.5) is 14.5 Å². The number of halogens is 2. The lowest BCUT2D eigenvalue weighted by molar-refractivity contribution is -0.114. The highest BCUT2D eigenvalue weighted by Gasteiger charge is 2.13. The summed E-state index contributed by atoms with van der Waals surface area (Å²) in [5.74, 6) is -1.96.